The van der Waals surface area contributed by atoms with Crippen LogP contribution in [0.3, 0.4) is 0 Å². The number of benzene rings is 22. The highest BCUT2D eigenvalue weighted by molar-refractivity contribution is 6.12. The van der Waals surface area contributed by atoms with E-state index in [9.17, 15) is 0 Å². The summed E-state index contributed by atoms with van der Waals surface area (Å²) in [6, 6.07) is 198. The van der Waals surface area contributed by atoms with Crippen molar-refractivity contribution in [1.82, 2.24) is 0 Å². The van der Waals surface area contributed by atoms with E-state index < -0.39 is 0 Å². The Bertz CT molecular complexity index is 6710. The molecule has 134 heavy (non-hydrogen) atoms. The second kappa shape index (κ2) is 37.3. The Balaban J connectivity index is 0.803. The summed E-state index contributed by atoms with van der Waals surface area (Å²) in [7, 11) is 0. The van der Waals surface area contributed by atoms with Gasteiger partial charge in [-0.05, 0) is 380 Å². The smallest absolute Gasteiger partial charge is 0.193 e. The summed E-state index contributed by atoms with van der Waals surface area (Å²) < 4.78 is 0. The molecule has 0 amide bonds. The zero-order valence-electron chi connectivity index (χ0n) is 73.9. The molecule has 0 radical (unpaired) electrons. The van der Waals surface area contributed by atoms with Gasteiger partial charge in [0.05, 0.1) is 0 Å². The highest BCUT2D eigenvalue weighted by Crippen LogP contribution is 2.46. The van der Waals surface area contributed by atoms with E-state index in [1.165, 1.54) is 0 Å². The summed E-state index contributed by atoms with van der Waals surface area (Å²) >= 11 is 0. The van der Waals surface area contributed by atoms with Crippen molar-refractivity contribution in [1.29, 1.82) is 0 Å². The van der Waals surface area contributed by atoms with Crippen LogP contribution in [0.5, 0.6) is 0 Å². The van der Waals surface area contributed by atoms with Gasteiger partial charge in [-0.3, -0.25) is 4.79 Å². The molecule has 0 spiro atoms. The zero-order valence-corrected chi connectivity index (χ0v) is 73.9. The van der Waals surface area contributed by atoms with E-state index >= 15 is 4.79 Å². The lowest BCUT2D eigenvalue weighted by Gasteiger charge is -2.18. The molecule has 0 aliphatic rings. The van der Waals surface area contributed by atoms with Gasteiger partial charge in [-0.15, -0.1) is 0 Å². The van der Waals surface area contributed by atoms with E-state index in [2.05, 4.69) is 546 Å². The van der Waals surface area contributed by atoms with E-state index in [1.807, 2.05) is 0 Å². The average molecular weight is 1700 g/mol. The van der Waals surface area contributed by atoms with Crippen LogP contribution >= 0.6 is 0 Å². The van der Waals surface area contributed by atoms with E-state index in [-0.39, 0.29) is 5.78 Å². The van der Waals surface area contributed by atoms with Gasteiger partial charge in [0, 0.05) is 11.1 Å². The second-order valence-corrected chi connectivity index (χ2v) is 34.7. The molecule has 0 aliphatic heterocycles. The summed E-state index contributed by atoms with van der Waals surface area (Å²) in [5.74, 6) is -0.133. The van der Waals surface area contributed by atoms with E-state index in [4.69, 9.17) is 0 Å². The first-order chi connectivity index (χ1) is 66.2. The molecule has 0 saturated heterocycles. The Labute approximate surface area is 784 Å². The molecule has 0 aromatic heterocycles. The standard InChI is InChI=1S/C133H90O/c134-133(131-87-127(123-77-115(107-57-25-49-99(65-107)91-33-9-1-10-34-91)73-116(78-123)108-58-26-50-100(66-108)92-35-11-2-12-36-92)85-128(88-131)124-79-117(109-59-27-51-101(67-109)93-37-13-3-14-38-93)74-118(80-124)110-60-28-52-102(68-110)94-39-15-4-16-40-94)132-89-129(125-81-119(111-61-29-53-103(69-111)95-41-17-5-18-42-95)75-120(82-125)112-62-30-54-104(70-112)96-43-19-6-20-44-96)86-130(90-132)126-83-121(113-63-31-55-105(71-113)97-45-21-7-22-46-97)76-122(84-126)114-64-32-56-106(72-114)98-47-23-8-24-48-98/h1-90H. The number of carbonyl (C=O) groups is 1. The van der Waals surface area contributed by atoms with Crippen LogP contribution < -0.4 is 0 Å². The Morgan fingerprint density at radius 1 is 0.0821 bits per heavy atom. The van der Waals surface area contributed by atoms with E-state index in [0.717, 1.165) is 223 Å². The van der Waals surface area contributed by atoms with Crippen LogP contribution in [0, 0.1) is 0 Å². The second-order valence-electron chi connectivity index (χ2n) is 34.7. The van der Waals surface area contributed by atoms with Gasteiger partial charge < -0.3 is 0 Å². The van der Waals surface area contributed by atoms with Crippen LogP contribution in [0.25, 0.3) is 223 Å². The molecule has 0 N–H and O–H groups in total. The van der Waals surface area contributed by atoms with Crippen molar-refractivity contribution in [2.75, 3.05) is 0 Å². The Hall–Kier alpha value is -17.5. The molecule has 0 atom stereocenters. The van der Waals surface area contributed by atoms with Crippen LogP contribution in [-0.4, -0.2) is 5.78 Å². The van der Waals surface area contributed by atoms with Gasteiger partial charge in [-0.1, -0.05) is 388 Å². The fourth-order valence-electron chi connectivity index (χ4n) is 18.9. The lowest BCUT2D eigenvalue weighted by atomic mass is 9.86. The maximum absolute atomic E-state index is 17.9. The Morgan fingerprint density at radius 3 is 0.284 bits per heavy atom. The van der Waals surface area contributed by atoms with Crippen molar-refractivity contribution in [2.24, 2.45) is 0 Å². The maximum Gasteiger partial charge on any atom is 0.193 e. The lowest BCUT2D eigenvalue weighted by Crippen LogP contribution is -2.04. The first-order valence-electron chi connectivity index (χ1n) is 46.0. The van der Waals surface area contributed by atoms with Gasteiger partial charge in [0.1, 0.15) is 0 Å². The fourth-order valence-corrected chi connectivity index (χ4v) is 18.9. The maximum atomic E-state index is 17.9. The summed E-state index contributed by atoms with van der Waals surface area (Å²) in [5.41, 5.74) is 43.3. The molecule has 22 rings (SSSR count). The topological polar surface area (TPSA) is 17.1 Å². The number of rotatable bonds is 22. The van der Waals surface area contributed by atoms with Crippen molar-refractivity contribution >= 4 is 5.78 Å². The normalized spacial score (nSPS) is 11.2. The van der Waals surface area contributed by atoms with E-state index in [0.29, 0.717) is 11.1 Å². The van der Waals surface area contributed by atoms with Crippen LogP contribution in [0.4, 0.5) is 0 Å². The first-order valence-corrected chi connectivity index (χ1v) is 46.0. The molecule has 22 aromatic rings. The monoisotopic (exact) mass is 1700 g/mol. The van der Waals surface area contributed by atoms with Gasteiger partial charge in [-0.2, -0.15) is 0 Å². The van der Waals surface area contributed by atoms with Crippen LogP contribution in [0.1, 0.15) is 15.9 Å². The van der Waals surface area contributed by atoms with Crippen LogP contribution in [0.15, 0.2) is 546 Å². The minimum absolute atomic E-state index is 0.133. The predicted molar refractivity (Wildman–Crippen MR) is 565 cm³/mol. The fraction of sp³-hybridized carbons (Fsp3) is 0. The highest BCUT2D eigenvalue weighted by Gasteiger charge is 2.23. The number of hydrogen-bond acceptors (Lipinski definition) is 1. The van der Waals surface area contributed by atoms with Crippen molar-refractivity contribution in [3.63, 3.8) is 0 Å². The van der Waals surface area contributed by atoms with Gasteiger partial charge in [0.2, 0.25) is 0 Å². The molecule has 1 heteroatoms. The SMILES string of the molecule is O=C(c1cc(-c2cc(-c3cccc(-c4ccccc4)c3)cc(-c3cccc(-c4ccccc4)c3)c2)cc(-c2cc(-c3cccc(-c4ccccc4)c3)cc(-c3cccc(-c4ccccc4)c3)c2)c1)c1cc(-c2cc(-c3cccc(-c4ccccc4)c3)cc(-c3cccc(-c4ccccc4)c3)c2)cc(-c2cc(-c3cccc(-c4ccccc4)c3)cc(-c3cccc(-c4ccccc4)c3)c2)c1. The van der Waals surface area contributed by atoms with Crippen LogP contribution in [-0.2, 0) is 0 Å². The summed E-state index contributed by atoms with van der Waals surface area (Å²) in [6.07, 6.45) is 0. The Kier molecular flexibility index (Phi) is 22.9. The van der Waals surface area contributed by atoms with Crippen molar-refractivity contribution in [3.05, 3.63) is 557 Å². The summed E-state index contributed by atoms with van der Waals surface area (Å²) in [6.45, 7) is 0. The number of ketones is 1. The molecule has 0 unspecified atom stereocenters. The van der Waals surface area contributed by atoms with Gasteiger partial charge >= 0.3 is 0 Å². The average Bonchev–Trinajstić information content (AvgIpc) is 0.764. The highest BCUT2D eigenvalue weighted by atomic mass is 16.1. The summed E-state index contributed by atoms with van der Waals surface area (Å²) in [4.78, 5) is 17.9. The van der Waals surface area contributed by atoms with Gasteiger partial charge in [0.15, 0.2) is 5.78 Å². The number of carbonyl (C=O) groups excluding carboxylic acids is 1. The summed E-state index contributed by atoms with van der Waals surface area (Å²) in [5, 5.41) is 0. The third-order valence-electron chi connectivity index (χ3n) is 25.9. The minimum Gasteiger partial charge on any atom is -0.289 e. The molecule has 0 bridgehead atoms. The molecule has 1 nitrogen and oxygen atoms in total. The minimum atomic E-state index is -0.133. The quantitative estimate of drug-likeness (QED) is 0.0618. The number of hydrogen-bond donors (Lipinski definition) is 0. The molecule has 22 aromatic carbocycles. The molecular weight excluding hydrogens is 1610 g/mol. The van der Waals surface area contributed by atoms with Crippen molar-refractivity contribution < 1.29 is 4.79 Å². The third-order valence-corrected chi connectivity index (χ3v) is 25.9. The van der Waals surface area contributed by atoms with E-state index in [1.54, 1.807) is 0 Å². The molecule has 0 fully saturated rings. The molecule has 0 saturated carbocycles. The van der Waals surface area contributed by atoms with Crippen molar-refractivity contribution in [2.45, 2.75) is 0 Å². The first kappa shape index (κ1) is 82.2. The lowest BCUT2D eigenvalue weighted by molar-refractivity contribution is 0.103. The zero-order chi connectivity index (χ0) is 89.5. The third kappa shape index (κ3) is 18.0. The van der Waals surface area contributed by atoms with Crippen LogP contribution in [0.2, 0.25) is 0 Å². The largest absolute Gasteiger partial charge is 0.289 e. The Morgan fingerprint density at radius 2 is 0.164 bits per heavy atom. The predicted octanol–water partition coefficient (Wildman–Crippen LogP) is 36.3. The molecule has 0 aliphatic carbocycles. The van der Waals surface area contributed by atoms with Gasteiger partial charge in [-0.25, -0.2) is 0 Å². The van der Waals surface area contributed by atoms with Gasteiger partial charge in [0.25, 0.3) is 0 Å². The molecular formula is C133H90O. The molecule has 0 heterocycles. The molecule has 628 valence electrons. The van der Waals surface area contributed by atoms with Crippen molar-refractivity contribution in [3.8, 4) is 223 Å².